The quantitative estimate of drug-likeness (QED) is 0.569. The van der Waals surface area contributed by atoms with Gasteiger partial charge in [0.25, 0.3) is 0 Å². The van der Waals surface area contributed by atoms with Crippen LogP contribution in [0.5, 0.6) is 0 Å². The monoisotopic (exact) mass is 215 g/mol. The number of nitrogens with zero attached hydrogens (tertiary/aromatic N) is 1. The lowest BCUT2D eigenvalue weighted by molar-refractivity contribution is -0.387. The highest BCUT2D eigenvalue weighted by Gasteiger charge is 2.18. The van der Waals surface area contributed by atoms with Crippen LogP contribution < -0.4 is 0 Å². The van der Waals surface area contributed by atoms with E-state index >= 15 is 0 Å². The Hall–Kier alpha value is -1.52. The molecule has 1 aromatic carbocycles. The van der Waals surface area contributed by atoms with Crippen LogP contribution in [0.25, 0.3) is 0 Å². The predicted octanol–water partition coefficient (Wildman–Crippen LogP) is 3.54. The maximum Gasteiger partial charge on any atom is 0.305 e. The highest BCUT2D eigenvalue weighted by atomic mass is 19.1. The summed E-state index contributed by atoms with van der Waals surface area (Å²) in [5.41, 5.74) is -0.517. The molecule has 0 saturated carbocycles. The van der Waals surface area contributed by atoms with Crippen molar-refractivity contribution in [1.82, 2.24) is 0 Å². The molecule has 5 heteroatoms. The zero-order chi connectivity index (χ0) is 11.4. The summed E-state index contributed by atoms with van der Waals surface area (Å²) in [6.45, 7) is 1.81. The SMILES string of the molecule is CCCC(F)c1ccc(F)c([N+](=O)[O-])c1. The molecule has 0 spiro atoms. The van der Waals surface area contributed by atoms with E-state index in [1.807, 2.05) is 6.92 Å². The summed E-state index contributed by atoms with van der Waals surface area (Å²) in [6.07, 6.45) is -0.357. The average molecular weight is 215 g/mol. The van der Waals surface area contributed by atoms with E-state index in [1.165, 1.54) is 6.07 Å². The fourth-order valence-electron chi connectivity index (χ4n) is 1.28. The molecule has 1 aromatic rings. The minimum Gasteiger partial charge on any atom is -0.258 e. The van der Waals surface area contributed by atoms with Crippen molar-refractivity contribution >= 4 is 5.69 Å². The molecular weight excluding hydrogens is 204 g/mol. The third-order valence-electron chi connectivity index (χ3n) is 2.07. The van der Waals surface area contributed by atoms with Gasteiger partial charge >= 0.3 is 5.69 Å². The van der Waals surface area contributed by atoms with Gasteiger partial charge in [-0.15, -0.1) is 0 Å². The molecule has 82 valence electrons. The van der Waals surface area contributed by atoms with Crippen LogP contribution in [0, 0.1) is 15.9 Å². The lowest BCUT2D eigenvalue weighted by Gasteiger charge is -2.06. The predicted molar refractivity (Wildman–Crippen MR) is 51.8 cm³/mol. The normalized spacial score (nSPS) is 12.5. The van der Waals surface area contributed by atoms with Crippen LogP contribution in [0.4, 0.5) is 14.5 Å². The Bertz CT molecular complexity index is 368. The Morgan fingerprint density at radius 1 is 1.53 bits per heavy atom. The first kappa shape index (κ1) is 11.6. The molecule has 1 atom stereocenters. The van der Waals surface area contributed by atoms with Gasteiger partial charge in [0.1, 0.15) is 6.17 Å². The fourth-order valence-corrected chi connectivity index (χ4v) is 1.28. The van der Waals surface area contributed by atoms with Crippen molar-refractivity contribution in [2.24, 2.45) is 0 Å². The van der Waals surface area contributed by atoms with Crippen LogP contribution in [-0.2, 0) is 0 Å². The van der Waals surface area contributed by atoms with Crippen LogP contribution in [0.1, 0.15) is 31.5 Å². The zero-order valence-corrected chi connectivity index (χ0v) is 8.24. The van der Waals surface area contributed by atoms with E-state index in [4.69, 9.17) is 0 Å². The third kappa shape index (κ3) is 2.71. The summed E-state index contributed by atoms with van der Waals surface area (Å²) in [6, 6.07) is 3.12. The van der Waals surface area contributed by atoms with Crippen LogP contribution in [-0.4, -0.2) is 4.92 Å². The molecule has 0 aliphatic heterocycles. The molecule has 0 aliphatic rings. The van der Waals surface area contributed by atoms with Gasteiger partial charge in [0, 0.05) is 6.07 Å². The minimum atomic E-state index is -1.27. The molecule has 0 amide bonds. The smallest absolute Gasteiger partial charge is 0.258 e. The van der Waals surface area contributed by atoms with E-state index < -0.39 is 22.6 Å². The molecule has 0 saturated heterocycles. The molecule has 0 N–H and O–H groups in total. The van der Waals surface area contributed by atoms with Gasteiger partial charge in [-0.25, -0.2) is 4.39 Å². The number of alkyl halides is 1. The van der Waals surface area contributed by atoms with Crippen molar-refractivity contribution in [2.45, 2.75) is 25.9 Å². The van der Waals surface area contributed by atoms with Crippen molar-refractivity contribution in [3.63, 3.8) is 0 Å². The van der Waals surface area contributed by atoms with Gasteiger partial charge < -0.3 is 0 Å². The van der Waals surface area contributed by atoms with Crippen LogP contribution in [0.2, 0.25) is 0 Å². The third-order valence-corrected chi connectivity index (χ3v) is 2.07. The van der Waals surface area contributed by atoms with E-state index in [0.29, 0.717) is 6.42 Å². The molecule has 0 heterocycles. The lowest BCUT2D eigenvalue weighted by atomic mass is 10.1. The van der Waals surface area contributed by atoms with Gasteiger partial charge in [-0.3, -0.25) is 10.1 Å². The maximum absolute atomic E-state index is 13.4. The first-order valence-electron chi connectivity index (χ1n) is 4.64. The standard InChI is InChI=1S/C10H11F2NO2/c1-2-3-8(11)7-4-5-9(12)10(6-7)13(14)15/h4-6,8H,2-3H2,1H3. The molecule has 15 heavy (non-hydrogen) atoms. The van der Waals surface area contributed by atoms with Gasteiger partial charge in [-0.2, -0.15) is 4.39 Å². The van der Waals surface area contributed by atoms with Crippen molar-refractivity contribution in [3.8, 4) is 0 Å². The molecule has 0 aromatic heterocycles. The minimum absolute atomic E-state index is 0.157. The molecule has 0 fully saturated rings. The number of rotatable bonds is 4. The van der Waals surface area contributed by atoms with Crippen molar-refractivity contribution in [2.75, 3.05) is 0 Å². The van der Waals surface area contributed by atoms with Gasteiger partial charge in [0.05, 0.1) is 4.92 Å². The number of halogens is 2. The summed E-state index contributed by atoms with van der Waals surface area (Å²) in [5, 5.41) is 10.4. The molecular formula is C10H11F2NO2. The molecule has 0 bridgehead atoms. The van der Waals surface area contributed by atoms with Gasteiger partial charge in [-0.1, -0.05) is 19.4 Å². The summed E-state index contributed by atoms with van der Waals surface area (Å²) >= 11 is 0. The van der Waals surface area contributed by atoms with Gasteiger partial charge in [-0.05, 0) is 18.1 Å². The first-order chi connectivity index (χ1) is 7.06. The van der Waals surface area contributed by atoms with E-state index in [-0.39, 0.29) is 12.0 Å². The van der Waals surface area contributed by atoms with Gasteiger partial charge in [0.15, 0.2) is 0 Å². The van der Waals surface area contributed by atoms with E-state index in [0.717, 1.165) is 12.1 Å². The number of nitro groups is 1. The average Bonchev–Trinajstić information content (AvgIpc) is 2.18. The fraction of sp³-hybridized carbons (Fsp3) is 0.400. The van der Waals surface area contributed by atoms with Gasteiger partial charge in [0.2, 0.25) is 5.82 Å². The van der Waals surface area contributed by atoms with Crippen molar-refractivity contribution < 1.29 is 13.7 Å². The highest BCUT2D eigenvalue weighted by Crippen LogP contribution is 2.27. The number of hydrogen-bond donors (Lipinski definition) is 0. The van der Waals surface area contributed by atoms with E-state index in [1.54, 1.807) is 0 Å². The second-order valence-electron chi connectivity index (χ2n) is 3.22. The summed E-state index contributed by atoms with van der Waals surface area (Å²) < 4.78 is 26.3. The highest BCUT2D eigenvalue weighted by molar-refractivity contribution is 5.37. The topological polar surface area (TPSA) is 43.1 Å². The summed E-state index contributed by atoms with van der Waals surface area (Å²) in [5.74, 6) is -0.938. The Balaban J connectivity index is 3.02. The Morgan fingerprint density at radius 3 is 2.73 bits per heavy atom. The molecule has 0 aliphatic carbocycles. The Morgan fingerprint density at radius 2 is 2.20 bits per heavy atom. The summed E-state index contributed by atoms with van der Waals surface area (Å²) in [7, 11) is 0. The first-order valence-corrected chi connectivity index (χ1v) is 4.64. The summed E-state index contributed by atoms with van der Waals surface area (Å²) in [4.78, 5) is 9.55. The van der Waals surface area contributed by atoms with Crippen LogP contribution in [0.15, 0.2) is 18.2 Å². The number of benzene rings is 1. The van der Waals surface area contributed by atoms with Crippen LogP contribution in [0.3, 0.4) is 0 Å². The Labute approximate surface area is 85.9 Å². The molecule has 3 nitrogen and oxygen atoms in total. The Kier molecular flexibility index (Phi) is 3.71. The van der Waals surface area contributed by atoms with E-state index in [2.05, 4.69) is 0 Å². The lowest BCUT2D eigenvalue weighted by Crippen LogP contribution is -1.97. The van der Waals surface area contributed by atoms with Crippen molar-refractivity contribution in [1.29, 1.82) is 0 Å². The maximum atomic E-state index is 13.4. The molecule has 1 rings (SSSR count). The molecule has 0 radical (unpaired) electrons. The second-order valence-corrected chi connectivity index (χ2v) is 3.22. The number of nitro benzene ring substituents is 1. The van der Waals surface area contributed by atoms with Crippen LogP contribution >= 0.6 is 0 Å². The van der Waals surface area contributed by atoms with E-state index in [9.17, 15) is 18.9 Å². The molecule has 1 unspecified atom stereocenters. The largest absolute Gasteiger partial charge is 0.305 e. The second kappa shape index (κ2) is 4.82. The van der Waals surface area contributed by atoms with Crippen molar-refractivity contribution in [3.05, 3.63) is 39.7 Å². The zero-order valence-electron chi connectivity index (χ0n) is 8.24. The number of hydrogen-bond acceptors (Lipinski definition) is 2.